The minimum absolute atomic E-state index is 0.0778. The van der Waals surface area contributed by atoms with Crippen LogP contribution in [0.4, 0.5) is 0 Å². The maximum Gasteiger partial charge on any atom is 0.334 e. The van der Waals surface area contributed by atoms with Crippen LogP contribution in [0.3, 0.4) is 0 Å². The molecule has 0 amide bonds. The van der Waals surface area contributed by atoms with Crippen LogP contribution < -0.4 is 5.32 Å². The molecule has 9 atom stereocenters. The van der Waals surface area contributed by atoms with E-state index in [4.69, 9.17) is 27.8 Å². The van der Waals surface area contributed by atoms with Crippen LogP contribution in [0.25, 0.3) is 0 Å². The number of sulfone groups is 2. The molecule has 17 heteroatoms. The second-order valence-electron chi connectivity index (χ2n) is 14.0. The Hall–Kier alpha value is -1.37. The second kappa shape index (κ2) is 18.0. The highest BCUT2D eigenvalue weighted by Gasteiger charge is 2.49. The number of halogens is 2. The van der Waals surface area contributed by atoms with E-state index in [-0.39, 0.29) is 41.4 Å². The Kier molecular flexibility index (Phi) is 14.1. The van der Waals surface area contributed by atoms with E-state index >= 15 is 0 Å². The SMILES string of the molecule is CC(C)OC1C[C@H](S(=O)(=O)c2ccc(Br)cc2)O[C@@H]1COP(OC1C[C@H](S(=O)(=O)c2ccc(Br)cc2)O[C@@H]1CO)O[C@@](C)(c1ccccc1)[C@H]1CCCN1. The minimum atomic E-state index is -3.96. The zero-order chi connectivity index (χ0) is 38.7. The Morgan fingerprint density at radius 1 is 0.852 bits per heavy atom. The third-order valence-electron chi connectivity index (χ3n) is 9.84. The molecule has 0 saturated carbocycles. The quantitative estimate of drug-likeness (QED) is 0.145. The number of benzene rings is 3. The van der Waals surface area contributed by atoms with Crippen LogP contribution in [0.2, 0.25) is 0 Å². The Balaban J connectivity index is 1.27. The minimum Gasteiger partial charge on any atom is -0.394 e. The molecule has 3 aromatic rings. The fraction of sp³-hybridized carbons (Fsp3) is 0.514. The Labute approximate surface area is 335 Å². The molecule has 3 aromatic carbocycles. The van der Waals surface area contributed by atoms with Gasteiger partial charge in [0.2, 0.25) is 19.7 Å². The van der Waals surface area contributed by atoms with Crippen LogP contribution in [-0.4, -0.2) is 89.1 Å². The summed E-state index contributed by atoms with van der Waals surface area (Å²) >= 11 is 6.70. The van der Waals surface area contributed by atoms with Crippen LogP contribution in [-0.2, 0) is 53.1 Å². The molecule has 3 aliphatic heterocycles. The average molecular weight is 936 g/mol. The van der Waals surface area contributed by atoms with Crippen LogP contribution >= 0.6 is 40.5 Å². The van der Waals surface area contributed by atoms with E-state index in [1.165, 1.54) is 24.3 Å². The topological polar surface area (TPSA) is 156 Å². The number of aliphatic hydroxyl groups excluding tert-OH is 1. The molecule has 0 radical (unpaired) electrons. The predicted molar refractivity (Wildman–Crippen MR) is 210 cm³/mol. The third-order valence-corrected chi connectivity index (χ3v) is 16.1. The van der Waals surface area contributed by atoms with Gasteiger partial charge in [0.15, 0.2) is 10.9 Å². The normalized spacial score (nSPS) is 28.0. The van der Waals surface area contributed by atoms with E-state index in [2.05, 4.69) is 37.2 Å². The highest BCUT2D eigenvalue weighted by Crippen LogP contribution is 2.53. The lowest BCUT2D eigenvalue weighted by Crippen LogP contribution is -2.44. The van der Waals surface area contributed by atoms with Gasteiger partial charge in [-0.15, -0.1) is 0 Å². The van der Waals surface area contributed by atoms with Crippen molar-refractivity contribution in [2.45, 2.75) is 109 Å². The zero-order valence-electron chi connectivity index (χ0n) is 30.1. The van der Waals surface area contributed by atoms with Gasteiger partial charge in [0.25, 0.3) is 0 Å². The molecule has 6 rings (SSSR count). The first kappa shape index (κ1) is 42.2. The molecule has 12 nitrogen and oxygen atoms in total. The molecule has 0 spiro atoms. The van der Waals surface area contributed by atoms with Crippen molar-refractivity contribution in [3.8, 4) is 0 Å². The van der Waals surface area contributed by atoms with Gasteiger partial charge in [-0.2, -0.15) is 0 Å². The van der Waals surface area contributed by atoms with Gasteiger partial charge in [0.05, 0.1) is 41.3 Å². The first-order valence-corrected chi connectivity index (χ1v) is 23.6. The first-order valence-electron chi connectivity index (χ1n) is 17.8. The highest BCUT2D eigenvalue weighted by molar-refractivity contribution is 9.10. The van der Waals surface area contributed by atoms with E-state index in [9.17, 15) is 21.9 Å². The molecule has 54 heavy (non-hydrogen) atoms. The predicted octanol–water partition coefficient (Wildman–Crippen LogP) is 6.79. The molecule has 3 unspecified atom stereocenters. The maximum absolute atomic E-state index is 13.7. The number of ether oxygens (including phenoxy) is 3. The fourth-order valence-electron chi connectivity index (χ4n) is 6.94. The van der Waals surface area contributed by atoms with Crippen LogP contribution in [0.1, 0.15) is 52.0 Å². The number of aliphatic hydroxyl groups is 1. The molecule has 3 heterocycles. The van der Waals surface area contributed by atoms with Crippen molar-refractivity contribution >= 4 is 60.1 Å². The number of nitrogens with one attached hydrogen (secondary N) is 1. The van der Waals surface area contributed by atoms with E-state index in [1.807, 2.05) is 51.1 Å². The summed E-state index contributed by atoms with van der Waals surface area (Å²) < 4.78 is 94.4. The number of hydrogen-bond acceptors (Lipinski definition) is 12. The lowest BCUT2D eigenvalue weighted by molar-refractivity contribution is -0.0652. The summed E-state index contributed by atoms with van der Waals surface area (Å²) in [4.78, 5) is 0.204. The van der Waals surface area contributed by atoms with Crippen LogP contribution in [0, 0.1) is 0 Å². The van der Waals surface area contributed by atoms with Gasteiger partial charge in [-0.25, -0.2) is 16.8 Å². The van der Waals surface area contributed by atoms with Crippen molar-refractivity contribution in [3.05, 3.63) is 93.4 Å². The standard InChI is InChI=1S/C37H46Br2NO11PS2/c1-24(2)47-30-20-35(53(42,43)28-15-11-26(38)12-16-28)49-33(30)23-46-52(51-37(3,34-10-7-19-40-34)25-8-5-4-6-9-25)50-31-21-36(48-32(31)22-41)54(44,45)29-17-13-27(39)14-18-29/h4-6,8-9,11-18,24,30-36,40-41H,7,10,19-23H2,1-3H3/t30?,31?,32-,33-,34-,35+,36+,37+,52?/m1/s1. The third kappa shape index (κ3) is 9.66. The van der Waals surface area contributed by atoms with Gasteiger partial charge < -0.3 is 33.7 Å². The second-order valence-corrected chi connectivity index (χ2v) is 21.1. The smallest absolute Gasteiger partial charge is 0.334 e. The largest absolute Gasteiger partial charge is 0.394 e. The van der Waals surface area contributed by atoms with Crippen molar-refractivity contribution in [1.29, 1.82) is 0 Å². The van der Waals surface area contributed by atoms with Crippen molar-refractivity contribution < 1.29 is 49.7 Å². The summed E-state index contributed by atoms with van der Waals surface area (Å²) in [6.07, 6.45) is -1.85. The molecule has 0 bridgehead atoms. The van der Waals surface area contributed by atoms with Crippen LogP contribution in [0.15, 0.2) is 97.6 Å². The summed E-state index contributed by atoms with van der Waals surface area (Å²) in [6, 6.07) is 22.2. The Morgan fingerprint density at radius 3 is 1.93 bits per heavy atom. The van der Waals surface area contributed by atoms with E-state index in [1.54, 1.807) is 24.3 Å². The molecule has 3 aliphatic rings. The van der Waals surface area contributed by atoms with Crippen molar-refractivity contribution in [1.82, 2.24) is 5.32 Å². The molecular formula is C37H46Br2NO11PS2. The lowest BCUT2D eigenvalue weighted by atomic mass is 9.87. The van der Waals surface area contributed by atoms with Crippen molar-refractivity contribution in [3.63, 3.8) is 0 Å². The van der Waals surface area contributed by atoms with Gasteiger partial charge in [0.1, 0.15) is 17.8 Å². The molecule has 0 aliphatic carbocycles. The highest BCUT2D eigenvalue weighted by atomic mass is 79.9. The Morgan fingerprint density at radius 2 is 1.41 bits per heavy atom. The average Bonchev–Trinajstić information content (AvgIpc) is 3.93. The Bertz CT molecular complexity index is 1900. The molecular weight excluding hydrogens is 889 g/mol. The monoisotopic (exact) mass is 933 g/mol. The molecule has 3 fully saturated rings. The van der Waals surface area contributed by atoms with Gasteiger partial charge in [-0.1, -0.05) is 62.2 Å². The van der Waals surface area contributed by atoms with Gasteiger partial charge >= 0.3 is 8.60 Å². The summed E-state index contributed by atoms with van der Waals surface area (Å²) in [5, 5.41) is 13.9. The zero-order valence-corrected chi connectivity index (χ0v) is 35.8. The summed E-state index contributed by atoms with van der Waals surface area (Å²) in [7, 11) is -10.2. The van der Waals surface area contributed by atoms with Gasteiger partial charge in [-0.05, 0) is 94.3 Å². The van der Waals surface area contributed by atoms with E-state index in [0.717, 1.165) is 33.9 Å². The first-order chi connectivity index (χ1) is 25.7. The molecule has 296 valence electrons. The number of rotatable bonds is 16. The van der Waals surface area contributed by atoms with E-state index in [0.29, 0.717) is 0 Å². The van der Waals surface area contributed by atoms with Crippen molar-refractivity contribution in [2.75, 3.05) is 19.8 Å². The summed E-state index contributed by atoms with van der Waals surface area (Å²) in [6.45, 7) is 5.82. The van der Waals surface area contributed by atoms with Gasteiger partial charge in [-0.3, -0.25) is 4.52 Å². The summed E-state index contributed by atoms with van der Waals surface area (Å²) in [5.74, 6) is 0. The van der Waals surface area contributed by atoms with Crippen LogP contribution in [0.5, 0.6) is 0 Å². The fourth-order valence-corrected chi connectivity index (χ4v) is 12.0. The van der Waals surface area contributed by atoms with Gasteiger partial charge in [0, 0.05) is 27.8 Å². The van der Waals surface area contributed by atoms with E-state index < -0.39 is 75.8 Å². The maximum atomic E-state index is 13.7. The molecule has 2 N–H and O–H groups in total. The summed E-state index contributed by atoms with van der Waals surface area (Å²) in [5.41, 5.74) is -2.56. The lowest BCUT2D eigenvalue weighted by Gasteiger charge is -2.38. The van der Waals surface area contributed by atoms with Crippen molar-refractivity contribution in [2.24, 2.45) is 0 Å². The molecule has 0 aromatic heterocycles. The molecule has 3 saturated heterocycles. The number of hydrogen-bond donors (Lipinski definition) is 2.